The van der Waals surface area contributed by atoms with E-state index in [9.17, 15) is 0 Å². The zero-order valence-corrected chi connectivity index (χ0v) is 7.98. The van der Waals surface area contributed by atoms with Crippen molar-refractivity contribution >= 4 is 0 Å². The van der Waals surface area contributed by atoms with Gasteiger partial charge in [0.2, 0.25) is 0 Å². The number of rotatable bonds is 0. The van der Waals surface area contributed by atoms with Crippen molar-refractivity contribution in [2.45, 2.75) is 34.1 Å². The maximum absolute atomic E-state index is 5.30. The summed E-state index contributed by atoms with van der Waals surface area (Å²) < 4.78 is 5.30. The SMILES string of the molecule is C/C=C1/CCO/C1=C/C.CC. The van der Waals surface area contributed by atoms with Gasteiger partial charge in [0.05, 0.1) is 6.61 Å². The number of hydrogen-bond donors (Lipinski definition) is 0. The van der Waals surface area contributed by atoms with E-state index in [-0.39, 0.29) is 0 Å². The summed E-state index contributed by atoms with van der Waals surface area (Å²) in [7, 11) is 0. The second-order valence-corrected chi connectivity index (χ2v) is 2.07. The molecule has 0 atom stereocenters. The first kappa shape index (κ1) is 10.3. The van der Waals surface area contributed by atoms with Crippen LogP contribution in [0, 0.1) is 0 Å². The standard InChI is InChI=1S/C8H12O.C2H6/c1-3-7-5-6-9-8(7)4-2;1-2/h3-4H,5-6H2,1-2H3;1-2H3/b7-3-,8-4+;. The van der Waals surface area contributed by atoms with Gasteiger partial charge < -0.3 is 4.74 Å². The van der Waals surface area contributed by atoms with Gasteiger partial charge >= 0.3 is 0 Å². The molecule has 0 amide bonds. The minimum Gasteiger partial charge on any atom is -0.493 e. The average molecular weight is 154 g/mol. The Hall–Kier alpha value is -0.720. The minimum atomic E-state index is 0.860. The summed E-state index contributed by atoms with van der Waals surface area (Å²) in [4.78, 5) is 0. The maximum atomic E-state index is 5.30. The van der Waals surface area contributed by atoms with Gasteiger partial charge in [-0.05, 0) is 25.5 Å². The second-order valence-electron chi connectivity index (χ2n) is 2.07. The summed E-state index contributed by atoms with van der Waals surface area (Å²) in [6.07, 6.45) is 5.21. The molecule has 0 aromatic carbocycles. The lowest BCUT2D eigenvalue weighted by atomic mass is 10.2. The molecule has 0 aliphatic carbocycles. The van der Waals surface area contributed by atoms with Gasteiger partial charge in [-0.1, -0.05) is 19.9 Å². The molecule has 1 rings (SSSR count). The third kappa shape index (κ3) is 2.79. The Kier molecular flexibility index (Phi) is 5.63. The molecule has 0 spiro atoms. The van der Waals surface area contributed by atoms with E-state index in [1.807, 2.05) is 33.8 Å². The van der Waals surface area contributed by atoms with Crippen LogP contribution in [0.2, 0.25) is 0 Å². The summed E-state index contributed by atoms with van der Waals surface area (Å²) >= 11 is 0. The molecule has 1 aliphatic rings. The van der Waals surface area contributed by atoms with E-state index >= 15 is 0 Å². The van der Waals surface area contributed by atoms with Crippen LogP contribution < -0.4 is 0 Å². The Morgan fingerprint density at radius 2 is 1.82 bits per heavy atom. The highest BCUT2D eigenvalue weighted by Gasteiger charge is 2.11. The number of ether oxygens (including phenoxy) is 1. The van der Waals surface area contributed by atoms with Gasteiger partial charge in [-0.25, -0.2) is 0 Å². The van der Waals surface area contributed by atoms with Crippen LogP contribution in [-0.2, 0) is 4.74 Å². The predicted molar refractivity (Wildman–Crippen MR) is 49.4 cm³/mol. The zero-order chi connectivity index (χ0) is 8.69. The van der Waals surface area contributed by atoms with Gasteiger partial charge in [-0.2, -0.15) is 0 Å². The molecule has 1 fully saturated rings. The van der Waals surface area contributed by atoms with Crippen LogP contribution in [0.25, 0.3) is 0 Å². The lowest BCUT2D eigenvalue weighted by Crippen LogP contribution is -1.77. The quantitative estimate of drug-likeness (QED) is 0.520. The van der Waals surface area contributed by atoms with E-state index in [0.29, 0.717) is 0 Å². The highest BCUT2D eigenvalue weighted by atomic mass is 16.5. The Morgan fingerprint density at radius 1 is 1.18 bits per heavy atom. The van der Waals surface area contributed by atoms with E-state index in [1.165, 1.54) is 5.57 Å². The summed E-state index contributed by atoms with van der Waals surface area (Å²) in [6.45, 7) is 8.91. The first-order valence-corrected chi connectivity index (χ1v) is 4.33. The zero-order valence-electron chi connectivity index (χ0n) is 7.98. The second kappa shape index (κ2) is 6.02. The largest absolute Gasteiger partial charge is 0.493 e. The number of hydrogen-bond acceptors (Lipinski definition) is 1. The van der Waals surface area contributed by atoms with Crippen molar-refractivity contribution in [1.82, 2.24) is 0 Å². The van der Waals surface area contributed by atoms with Crippen molar-refractivity contribution in [3.63, 3.8) is 0 Å². The van der Waals surface area contributed by atoms with E-state index in [4.69, 9.17) is 4.74 Å². The van der Waals surface area contributed by atoms with Crippen LogP contribution in [0.3, 0.4) is 0 Å². The van der Waals surface area contributed by atoms with Crippen LogP contribution in [0.15, 0.2) is 23.5 Å². The van der Waals surface area contributed by atoms with Crippen LogP contribution >= 0.6 is 0 Å². The van der Waals surface area contributed by atoms with Gasteiger partial charge in [0.25, 0.3) is 0 Å². The van der Waals surface area contributed by atoms with E-state index in [0.717, 1.165) is 18.8 Å². The highest BCUT2D eigenvalue weighted by molar-refractivity contribution is 5.27. The summed E-state index contributed by atoms with van der Waals surface area (Å²) in [5.74, 6) is 1.07. The fraction of sp³-hybridized carbons (Fsp3) is 0.600. The van der Waals surface area contributed by atoms with Crippen molar-refractivity contribution in [1.29, 1.82) is 0 Å². The molecule has 0 N–H and O–H groups in total. The van der Waals surface area contributed by atoms with Crippen LogP contribution in [0.1, 0.15) is 34.1 Å². The third-order valence-electron chi connectivity index (χ3n) is 1.56. The molecular weight excluding hydrogens is 136 g/mol. The Bertz CT molecular complexity index is 136. The van der Waals surface area contributed by atoms with Crippen molar-refractivity contribution in [2.75, 3.05) is 6.61 Å². The van der Waals surface area contributed by atoms with Crippen molar-refractivity contribution in [3.8, 4) is 0 Å². The van der Waals surface area contributed by atoms with Crippen molar-refractivity contribution < 1.29 is 4.74 Å². The van der Waals surface area contributed by atoms with Crippen molar-refractivity contribution in [2.24, 2.45) is 0 Å². The average Bonchev–Trinajstić information content (AvgIpc) is 2.54. The molecule has 0 unspecified atom stereocenters. The molecule has 0 aromatic rings. The van der Waals surface area contributed by atoms with Crippen LogP contribution in [0.5, 0.6) is 0 Å². The van der Waals surface area contributed by atoms with Crippen molar-refractivity contribution in [3.05, 3.63) is 23.5 Å². The third-order valence-corrected chi connectivity index (χ3v) is 1.56. The van der Waals surface area contributed by atoms with E-state index in [2.05, 4.69) is 6.08 Å². The monoisotopic (exact) mass is 154 g/mol. The molecule has 0 bridgehead atoms. The summed E-state index contributed by atoms with van der Waals surface area (Å²) in [5.41, 5.74) is 1.34. The van der Waals surface area contributed by atoms with E-state index < -0.39 is 0 Å². The lowest BCUT2D eigenvalue weighted by molar-refractivity contribution is 0.265. The van der Waals surface area contributed by atoms with Crippen LogP contribution in [-0.4, -0.2) is 6.61 Å². The smallest absolute Gasteiger partial charge is 0.118 e. The first-order chi connectivity index (χ1) is 5.38. The molecule has 0 radical (unpaired) electrons. The van der Waals surface area contributed by atoms with Gasteiger partial charge in [-0.15, -0.1) is 0 Å². The molecule has 1 heterocycles. The van der Waals surface area contributed by atoms with E-state index in [1.54, 1.807) is 0 Å². The molecule has 64 valence electrons. The number of allylic oxidation sites excluding steroid dienone is 3. The lowest BCUT2D eigenvalue weighted by Gasteiger charge is -1.95. The highest BCUT2D eigenvalue weighted by Crippen LogP contribution is 2.22. The first-order valence-electron chi connectivity index (χ1n) is 4.33. The molecule has 0 saturated carbocycles. The maximum Gasteiger partial charge on any atom is 0.118 e. The normalized spacial score (nSPS) is 22.9. The molecule has 1 nitrogen and oxygen atoms in total. The van der Waals surface area contributed by atoms with Gasteiger partial charge in [0, 0.05) is 6.42 Å². The Morgan fingerprint density at radius 3 is 2.18 bits per heavy atom. The predicted octanol–water partition coefficient (Wildman–Crippen LogP) is 3.28. The molecule has 11 heavy (non-hydrogen) atoms. The fourth-order valence-electron chi connectivity index (χ4n) is 1.04. The van der Waals surface area contributed by atoms with Gasteiger partial charge in [0.1, 0.15) is 5.76 Å². The van der Waals surface area contributed by atoms with Gasteiger partial charge in [-0.3, -0.25) is 0 Å². The molecule has 0 aromatic heterocycles. The molecular formula is C10H18O. The van der Waals surface area contributed by atoms with Crippen LogP contribution in [0.4, 0.5) is 0 Å². The topological polar surface area (TPSA) is 9.23 Å². The fourth-order valence-corrected chi connectivity index (χ4v) is 1.04. The summed E-state index contributed by atoms with van der Waals surface area (Å²) in [5, 5.41) is 0. The molecule has 1 heteroatoms. The molecule has 1 saturated heterocycles. The Labute approximate surface area is 69.8 Å². The summed E-state index contributed by atoms with van der Waals surface area (Å²) in [6, 6.07) is 0. The Balaban J connectivity index is 0.000000461. The minimum absolute atomic E-state index is 0.860. The molecule has 1 aliphatic heterocycles. The van der Waals surface area contributed by atoms with Gasteiger partial charge in [0.15, 0.2) is 0 Å².